The Balaban J connectivity index is 1.07. The van der Waals surface area contributed by atoms with Crippen LogP contribution in [0.3, 0.4) is 0 Å². The Morgan fingerprint density at radius 2 is 1.14 bits per heavy atom. The van der Waals surface area contributed by atoms with Crippen molar-refractivity contribution in [3.8, 4) is 27.9 Å². The molecule has 70 heavy (non-hydrogen) atoms. The highest BCUT2D eigenvalue weighted by atomic mass is 32.1. The lowest BCUT2D eigenvalue weighted by Crippen LogP contribution is -2.36. The molecule has 0 N–H and O–H groups in total. The van der Waals surface area contributed by atoms with Crippen molar-refractivity contribution in [3.05, 3.63) is 245 Å². The summed E-state index contributed by atoms with van der Waals surface area (Å²) in [7, 11) is 2.17. The van der Waals surface area contributed by atoms with E-state index in [1.54, 1.807) is 0 Å². The van der Waals surface area contributed by atoms with Gasteiger partial charge in [-0.15, -0.1) is 11.3 Å². The Morgan fingerprint density at radius 1 is 0.543 bits per heavy atom. The van der Waals surface area contributed by atoms with Gasteiger partial charge in [0.05, 0.1) is 5.52 Å². The second-order valence-corrected chi connectivity index (χ2v) is 20.0. The smallest absolute Gasteiger partial charge is 0.159 e. The molecule has 0 saturated carbocycles. The molecular formula is C65H50N4S. The molecule has 0 radical (unpaired) electrons. The average Bonchev–Trinajstić information content (AvgIpc) is 3.97. The van der Waals surface area contributed by atoms with Gasteiger partial charge in [0, 0.05) is 60.0 Å². The fraction of sp³-hybridized carbons (Fsp3) is 0.108. The molecule has 4 nitrogen and oxygen atoms in total. The van der Waals surface area contributed by atoms with Crippen molar-refractivity contribution in [2.24, 2.45) is 15.9 Å². The minimum absolute atomic E-state index is 0.203. The number of likely N-dealkylation sites (N-methyl/N-ethyl adjacent to an activating group) is 1. The first kappa shape index (κ1) is 42.0. The third-order valence-electron chi connectivity index (χ3n) is 14.5. The topological polar surface area (TPSA) is 32.9 Å². The number of fused-ring (bicyclic) bond motifs is 7. The molecule has 2 aromatic heterocycles. The molecule has 336 valence electrons. The van der Waals surface area contributed by atoms with Crippen LogP contribution in [0.1, 0.15) is 54.6 Å². The van der Waals surface area contributed by atoms with E-state index in [0.717, 1.165) is 47.6 Å². The standard InChI is InChI=1S/C65H50N4S/c1-42-36-54(47-32-34-59-56(40-47)62-60(70-59)35-33-58-61(62)52-30-18-19-31-57(52)69(58)51-28-16-7-17-29-51)55(65-67-63(45-24-12-5-13-25-45)66-64(68(65)2)46-26-14-6-15-27-46)41-53(42)50-38-48(43-20-8-3-9-21-43)37-49(39-50)44-22-10-4-11-23-44/h3-17,20-35,37-42,64H,18-19,36H2,1-2H3. The average molecular weight is 919 g/mol. The van der Waals surface area contributed by atoms with Crippen LogP contribution in [0.4, 0.5) is 0 Å². The molecule has 2 aliphatic carbocycles. The molecule has 0 saturated heterocycles. The van der Waals surface area contributed by atoms with Gasteiger partial charge in [-0.05, 0) is 136 Å². The quantitative estimate of drug-likeness (QED) is 0.149. The van der Waals surface area contributed by atoms with E-state index in [4.69, 9.17) is 9.98 Å². The van der Waals surface area contributed by atoms with Crippen LogP contribution >= 0.6 is 11.3 Å². The number of thiophene rings is 1. The molecule has 0 fully saturated rings. The zero-order valence-electron chi connectivity index (χ0n) is 39.3. The lowest BCUT2D eigenvalue weighted by Gasteiger charge is -2.36. The van der Waals surface area contributed by atoms with Crippen LogP contribution in [0, 0.1) is 5.92 Å². The first-order valence-corrected chi connectivity index (χ1v) is 25.3. The highest BCUT2D eigenvalue weighted by molar-refractivity contribution is 7.26. The molecule has 3 heterocycles. The summed E-state index contributed by atoms with van der Waals surface area (Å²) < 4.78 is 5.10. The normalized spacial score (nSPS) is 16.9. The summed E-state index contributed by atoms with van der Waals surface area (Å²) in [6.45, 7) is 2.41. The molecule has 8 aromatic carbocycles. The van der Waals surface area contributed by atoms with E-state index < -0.39 is 0 Å². The van der Waals surface area contributed by atoms with Crippen molar-refractivity contribution in [2.75, 3.05) is 7.05 Å². The van der Waals surface area contributed by atoms with E-state index in [1.165, 1.54) is 91.9 Å². The molecule has 3 aliphatic rings. The van der Waals surface area contributed by atoms with Gasteiger partial charge in [-0.1, -0.05) is 165 Å². The van der Waals surface area contributed by atoms with E-state index in [0.29, 0.717) is 0 Å². The van der Waals surface area contributed by atoms with Crippen molar-refractivity contribution < 1.29 is 0 Å². The maximum Gasteiger partial charge on any atom is 0.159 e. The fourth-order valence-corrected chi connectivity index (χ4v) is 12.3. The van der Waals surface area contributed by atoms with Crippen molar-refractivity contribution in [3.63, 3.8) is 0 Å². The summed E-state index contributed by atoms with van der Waals surface area (Å²) in [5.41, 5.74) is 15.6. The van der Waals surface area contributed by atoms with Gasteiger partial charge >= 0.3 is 0 Å². The first-order valence-electron chi connectivity index (χ1n) is 24.5. The predicted octanol–water partition coefficient (Wildman–Crippen LogP) is 15.1. The van der Waals surface area contributed by atoms with Crippen LogP contribution in [-0.4, -0.2) is 28.2 Å². The third-order valence-corrected chi connectivity index (χ3v) is 15.7. The fourth-order valence-electron chi connectivity index (χ4n) is 11.2. The molecule has 0 amide bonds. The monoisotopic (exact) mass is 918 g/mol. The van der Waals surface area contributed by atoms with E-state index in [1.807, 2.05) is 11.3 Å². The Hall–Kier alpha value is -8.12. The highest BCUT2D eigenvalue weighted by Crippen LogP contribution is 2.46. The number of aromatic nitrogens is 1. The number of aliphatic imine (C=N–C) groups is 2. The summed E-state index contributed by atoms with van der Waals surface area (Å²) >= 11 is 1.90. The number of allylic oxidation sites excluding steroid dienone is 2. The van der Waals surface area contributed by atoms with Crippen LogP contribution < -0.4 is 10.6 Å². The summed E-state index contributed by atoms with van der Waals surface area (Å²) in [5, 5.41) is 6.65. The van der Waals surface area contributed by atoms with Crippen LogP contribution in [0.5, 0.6) is 0 Å². The van der Waals surface area contributed by atoms with Crippen molar-refractivity contribution in [2.45, 2.75) is 32.4 Å². The van der Waals surface area contributed by atoms with Gasteiger partial charge in [0.2, 0.25) is 0 Å². The van der Waals surface area contributed by atoms with Crippen LogP contribution in [0.25, 0.3) is 82.3 Å². The lowest BCUT2D eigenvalue weighted by molar-refractivity contribution is 0.382. The zero-order valence-corrected chi connectivity index (χ0v) is 40.1. The molecule has 5 heteroatoms. The van der Waals surface area contributed by atoms with Crippen LogP contribution in [0.15, 0.2) is 222 Å². The Morgan fingerprint density at radius 3 is 1.83 bits per heavy atom. The second-order valence-electron chi connectivity index (χ2n) is 18.9. The Labute approximate surface area is 412 Å². The highest BCUT2D eigenvalue weighted by Gasteiger charge is 2.33. The van der Waals surface area contributed by atoms with Gasteiger partial charge in [0.1, 0.15) is 12.0 Å². The van der Waals surface area contributed by atoms with Gasteiger partial charge in [-0.3, -0.25) is 0 Å². The van der Waals surface area contributed by atoms with Crippen molar-refractivity contribution in [1.82, 2.24) is 9.47 Å². The maximum atomic E-state index is 5.60. The van der Waals surface area contributed by atoms with E-state index >= 15 is 0 Å². The van der Waals surface area contributed by atoms with E-state index in [9.17, 15) is 0 Å². The Kier molecular flexibility index (Phi) is 10.5. The second kappa shape index (κ2) is 17.4. The predicted molar refractivity (Wildman–Crippen MR) is 297 cm³/mol. The number of nitrogens with zero attached hydrogens (tertiary/aromatic N) is 4. The molecule has 10 aromatic rings. The largest absolute Gasteiger partial charge is 0.333 e. The lowest BCUT2D eigenvalue weighted by atomic mass is 9.77. The number of benzene rings is 8. The van der Waals surface area contributed by atoms with Gasteiger partial charge in [-0.2, -0.15) is 0 Å². The van der Waals surface area contributed by atoms with Crippen molar-refractivity contribution in [1.29, 1.82) is 0 Å². The molecule has 13 rings (SSSR count). The van der Waals surface area contributed by atoms with Crippen LogP contribution in [0.2, 0.25) is 0 Å². The minimum Gasteiger partial charge on any atom is -0.333 e. The van der Waals surface area contributed by atoms with Crippen molar-refractivity contribution >= 4 is 77.4 Å². The SMILES string of the molecule is CC1CC(c2ccc3sc4ccc5c(c6c(n5-c5ccccc5)=CCCC=6)c4c3c2)=C(C2=NC(c3ccccc3)=NC(c3ccccc3)N2C)C=C1c1cc(-c2ccccc2)cc(-c2ccccc2)c1. The summed E-state index contributed by atoms with van der Waals surface area (Å²) in [5.74, 6) is 1.86. The molecule has 0 bridgehead atoms. The zero-order chi connectivity index (χ0) is 46.7. The molecule has 0 spiro atoms. The number of hydrogen-bond acceptors (Lipinski definition) is 4. The number of amidine groups is 2. The van der Waals surface area contributed by atoms with Gasteiger partial charge in [0.15, 0.2) is 5.84 Å². The molecule has 1 aliphatic heterocycles. The first-order chi connectivity index (χ1) is 34.5. The van der Waals surface area contributed by atoms with Gasteiger partial charge in [-0.25, -0.2) is 9.98 Å². The summed E-state index contributed by atoms with van der Waals surface area (Å²) in [6.07, 6.45) is 10.0. The number of para-hydroxylation sites is 1. The number of hydrogen-bond donors (Lipinski definition) is 0. The maximum absolute atomic E-state index is 5.60. The summed E-state index contributed by atoms with van der Waals surface area (Å²) in [6, 6.07) is 72.7. The molecular weight excluding hydrogens is 869 g/mol. The van der Waals surface area contributed by atoms with E-state index in [2.05, 4.69) is 242 Å². The Bertz CT molecular complexity index is 3860. The van der Waals surface area contributed by atoms with Crippen LogP contribution in [-0.2, 0) is 0 Å². The van der Waals surface area contributed by atoms with Gasteiger partial charge < -0.3 is 9.47 Å². The van der Waals surface area contributed by atoms with E-state index in [-0.39, 0.29) is 12.1 Å². The van der Waals surface area contributed by atoms with Gasteiger partial charge in [0.25, 0.3) is 0 Å². The number of rotatable bonds is 8. The molecule has 2 unspecified atom stereocenters. The third kappa shape index (κ3) is 7.28. The summed E-state index contributed by atoms with van der Waals surface area (Å²) in [4.78, 5) is 13.3. The minimum atomic E-state index is -0.274. The molecule has 2 atom stereocenters.